The standard InChI is InChI=1S/C8H11NO3/c10-5-6-12-8(11)7-1-3-9-4-2-7/h6-7,9H,1-4H2. The van der Waals surface area contributed by atoms with Gasteiger partial charge >= 0.3 is 5.97 Å². The minimum atomic E-state index is -0.320. The highest BCUT2D eigenvalue weighted by atomic mass is 16.5. The van der Waals surface area contributed by atoms with Crippen LogP contribution in [0.15, 0.2) is 6.26 Å². The lowest BCUT2D eigenvalue weighted by atomic mass is 9.99. The van der Waals surface area contributed by atoms with E-state index in [2.05, 4.69) is 10.1 Å². The summed E-state index contributed by atoms with van der Waals surface area (Å²) in [4.78, 5) is 20.8. The van der Waals surface area contributed by atoms with Crippen LogP contribution in [0.5, 0.6) is 0 Å². The van der Waals surface area contributed by atoms with E-state index in [0.717, 1.165) is 32.2 Å². The number of carbonyl (C=O) groups excluding carboxylic acids is 2. The van der Waals surface area contributed by atoms with Gasteiger partial charge in [0, 0.05) is 0 Å². The Morgan fingerprint density at radius 1 is 1.50 bits per heavy atom. The van der Waals surface area contributed by atoms with Crippen LogP contribution in [-0.2, 0) is 14.3 Å². The summed E-state index contributed by atoms with van der Waals surface area (Å²) >= 11 is 0. The molecule has 1 fully saturated rings. The van der Waals surface area contributed by atoms with E-state index in [1.54, 1.807) is 0 Å². The minimum Gasteiger partial charge on any atom is -0.422 e. The average Bonchev–Trinajstić information content (AvgIpc) is 2.15. The first-order chi connectivity index (χ1) is 5.84. The first-order valence-electron chi connectivity index (χ1n) is 3.95. The van der Waals surface area contributed by atoms with Crippen molar-refractivity contribution < 1.29 is 14.3 Å². The highest BCUT2D eigenvalue weighted by Gasteiger charge is 2.21. The van der Waals surface area contributed by atoms with Crippen molar-refractivity contribution in [1.82, 2.24) is 5.32 Å². The van der Waals surface area contributed by atoms with Crippen LogP contribution < -0.4 is 5.32 Å². The number of esters is 1. The fourth-order valence-corrected chi connectivity index (χ4v) is 1.24. The zero-order valence-electron chi connectivity index (χ0n) is 6.71. The van der Waals surface area contributed by atoms with Gasteiger partial charge in [0.2, 0.25) is 0 Å². The van der Waals surface area contributed by atoms with Crippen LogP contribution in [-0.4, -0.2) is 25.0 Å². The molecule has 1 aliphatic rings. The van der Waals surface area contributed by atoms with Gasteiger partial charge < -0.3 is 10.1 Å². The molecular formula is C8H11NO3. The molecule has 0 amide bonds. The van der Waals surface area contributed by atoms with Gasteiger partial charge in [0.1, 0.15) is 0 Å². The monoisotopic (exact) mass is 169 g/mol. The molecular weight excluding hydrogens is 158 g/mol. The molecule has 12 heavy (non-hydrogen) atoms. The van der Waals surface area contributed by atoms with Crippen molar-refractivity contribution in [2.24, 2.45) is 5.92 Å². The Bertz CT molecular complexity index is 202. The van der Waals surface area contributed by atoms with Crippen LogP contribution >= 0.6 is 0 Å². The third-order valence-corrected chi connectivity index (χ3v) is 1.90. The van der Waals surface area contributed by atoms with Gasteiger partial charge in [-0.25, -0.2) is 4.79 Å². The van der Waals surface area contributed by atoms with Crippen LogP contribution in [0.3, 0.4) is 0 Å². The third kappa shape index (κ3) is 2.49. The maximum absolute atomic E-state index is 11.1. The van der Waals surface area contributed by atoms with E-state index in [-0.39, 0.29) is 11.9 Å². The van der Waals surface area contributed by atoms with Crippen molar-refractivity contribution in [2.45, 2.75) is 12.8 Å². The second-order valence-corrected chi connectivity index (χ2v) is 2.70. The van der Waals surface area contributed by atoms with Gasteiger partial charge in [0.25, 0.3) is 0 Å². The predicted molar refractivity (Wildman–Crippen MR) is 41.9 cm³/mol. The van der Waals surface area contributed by atoms with Crippen molar-refractivity contribution in [1.29, 1.82) is 0 Å². The molecule has 0 atom stereocenters. The second kappa shape index (κ2) is 4.70. The lowest BCUT2D eigenvalue weighted by Crippen LogP contribution is -2.32. The van der Waals surface area contributed by atoms with Gasteiger partial charge in [-0.05, 0) is 25.9 Å². The van der Waals surface area contributed by atoms with Crippen molar-refractivity contribution in [3.05, 3.63) is 6.26 Å². The fourth-order valence-electron chi connectivity index (χ4n) is 1.24. The third-order valence-electron chi connectivity index (χ3n) is 1.90. The van der Waals surface area contributed by atoms with Crippen LogP contribution in [0.25, 0.3) is 0 Å². The summed E-state index contributed by atoms with van der Waals surface area (Å²) in [6.45, 7) is 1.68. The Morgan fingerprint density at radius 2 is 2.17 bits per heavy atom. The first-order valence-corrected chi connectivity index (χ1v) is 3.95. The zero-order chi connectivity index (χ0) is 8.81. The number of carbonyl (C=O) groups is 1. The maximum atomic E-state index is 11.1. The van der Waals surface area contributed by atoms with Gasteiger partial charge in [-0.3, -0.25) is 4.79 Å². The van der Waals surface area contributed by atoms with E-state index in [9.17, 15) is 9.59 Å². The van der Waals surface area contributed by atoms with Crippen LogP contribution in [0, 0.1) is 5.92 Å². The molecule has 0 aromatic heterocycles. The number of hydrogen-bond acceptors (Lipinski definition) is 4. The molecule has 0 aliphatic carbocycles. The molecule has 0 aromatic rings. The van der Waals surface area contributed by atoms with E-state index in [0.29, 0.717) is 0 Å². The Balaban J connectivity index is 2.34. The van der Waals surface area contributed by atoms with E-state index < -0.39 is 0 Å². The van der Waals surface area contributed by atoms with E-state index in [4.69, 9.17) is 0 Å². The number of rotatable bonds is 2. The fraction of sp³-hybridized carbons (Fsp3) is 0.625. The SMILES string of the molecule is O=C=COC(=O)C1CCNCC1. The molecule has 1 heterocycles. The quantitative estimate of drug-likeness (QED) is 0.355. The number of hydrogen-bond donors (Lipinski definition) is 1. The molecule has 0 bridgehead atoms. The Labute approximate surface area is 70.6 Å². The van der Waals surface area contributed by atoms with Crippen molar-refractivity contribution in [2.75, 3.05) is 13.1 Å². The number of ether oxygens (including phenoxy) is 1. The predicted octanol–water partition coefficient (Wildman–Crippen LogP) is -0.126. The van der Waals surface area contributed by atoms with Gasteiger partial charge in [0.05, 0.1) is 5.92 Å². The summed E-state index contributed by atoms with van der Waals surface area (Å²) in [5.74, 6) is 1.03. The molecule has 0 aromatic carbocycles. The smallest absolute Gasteiger partial charge is 0.314 e. The summed E-state index contributed by atoms with van der Waals surface area (Å²) in [7, 11) is 0. The second-order valence-electron chi connectivity index (χ2n) is 2.70. The van der Waals surface area contributed by atoms with Crippen molar-refractivity contribution >= 4 is 11.9 Å². The summed E-state index contributed by atoms with van der Waals surface area (Å²) in [6, 6.07) is 0. The molecule has 1 rings (SSSR count). The van der Waals surface area contributed by atoms with Crippen LogP contribution in [0.4, 0.5) is 0 Å². The van der Waals surface area contributed by atoms with Crippen LogP contribution in [0.2, 0.25) is 0 Å². The summed E-state index contributed by atoms with van der Waals surface area (Å²) in [5, 5.41) is 3.13. The molecule has 0 unspecified atom stereocenters. The van der Waals surface area contributed by atoms with Crippen molar-refractivity contribution in [3.8, 4) is 0 Å². The maximum Gasteiger partial charge on any atom is 0.314 e. The Kier molecular flexibility index (Phi) is 3.51. The topological polar surface area (TPSA) is 55.4 Å². The van der Waals surface area contributed by atoms with E-state index in [1.807, 2.05) is 0 Å². The van der Waals surface area contributed by atoms with Crippen LogP contribution in [0.1, 0.15) is 12.8 Å². The average molecular weight is 169 g/mol. The van der Waals surface area contributed by atoms with Crippen molar-refractivity contribution in [3.63, 3.8) is 0 Å². The summed E-state index contributed by atoms with van der Waals surface area (Å²) in [6.07, 6.45) is 2.33. The molecule has 0 saturated carbocycles. The van der Waals surface area contributed by atoms with E-state index >= 15 is 0 Å². The molecule has 4 heteroatoms. The molecule has 1 aliphatic heterocycles. The number of piperidine rings is 1. The minimum absolute atomic E-state index is 0.0594. The molecule has 1 saturated heterocycles. The lowest BCUT2D eigenvalue weighted by Gasteiger charge is -2.19. The normalized spacial score (nSPS) is 18.0. The van der Waals surface area contributed by atoms with E-state index in [1.165, 1.54) is 5.94 Å². The molecule has 66 valence electrons. The molecule has 0 radical (unpaired) electrons. The number of nitrogens with one attached hydrogen (secondary N) is 1. The summed E-state index contributed by atoms with van der Waals surface area (Å²) in [5.41, 5.74) is 0. The highest BCUT2D eigenvalue weighted by Crippen LogP contribution is 2.12. The largest absolute Gasteiger partial charge is 0.422 e. The van der Waals surface area contributed by atoms with Gasteiger partial charge in [-0.2, -0.15) is 0 Å². The Hall–Kier alpha value is -1.12. The highest BCUT2D eigenvalue weighted by molar-refractivity contribution is 5.74. The van der Waals surface area contributed by atoms with Gasteiger partial charge in [-0.15, -0.1) is 0 Å². The Morgan fingerprint density at radius 3 is 2.75 bits per heavy atom. The van der Waals surface area contributed by atoms with Gasteiger partial charge in [0.15, 0.2) is 12.2 Å². The first kappa shape index (κ1) is 8.97. The molecule has 4 nitrogen and oxygen atoms in total. The molecule has 1 N–H and O–H groups in total. The van der Waals surface area contributed by atoms with Gasteiger partial charge in [-0.1, -0.05) is 0 Å². The summed E-state index contributed by atoms with van der Waals surface area (Å²) < 4.78 is 4.52. The zero-order valence-corrected chi connectivity index (χ0v) is 6.71. The molecule has 0 spiro atoms. The lowest BCUT2D eigenvalue weighted by molar-refractivity contribution is -0.143.